The van der Waals surface area contributed by atoms with Crippen LogP contribution in [0.1, 0.15) is 6.92 Å². The first-order valence-electron chi connectivity index (χ1n) is 4.28. The summed E-state index contributed by atoms with van der Waals surface area (Å²) in [5.74, 6) is 0.462. The molecule has 1 heterocycles. The molecule has 0 atom stereocenters. The molecule has 0 aliphatic rings. The van der Waals surface area contributed by atoms with Gasteiger partial charge < -0.3 is 16.0 Å². The first-order chi connectivity index (χ1) is 6.29. The highest BCUT2D eigenvalue weighted by atomic mass is 15.0. The van der Waals surface area contributed by atoms with Crippen molar-refractivity contribution in [3.05, 3.63) is 18.2 Å². The summed E-state index contributed by atoms with van der Waals surface area (Å²) >= 11 is 0. The molecule has 0 aliphatic carbocycles. The maximum atomic E-state index is 5.53. The van der Waals surface area contributed by atoms with E-state index in [0.29, 0.717) is 5.95 Å². The van der Waals surface area contributed by atoms with Gasteiger partial charge in [0.2, 0.25) is 0 Å². The number of benzene rings is 1. The van der Waals surface area contributed by atoms with E-state index in [0.717, 1.165) is 23.3 Å². The molecule has 1 aromatic heterocycles. The molecule has 4 nitrogen and oxygen atoms in total. The van der Waals surface area contributed by atoms with Crippen molar-refractivity contribution in [2.75, 3.05) is 17.6 Å². The molecule has 13 heavy (non-hydrogen) atoms. The summed E-state index contributed by atoms with van der Waals surface area (Å²) in [6, 6.07) is 5.94. The number of nitrogens with one attached hydrogen (secondary N) is 2. The Labute approximate surface area is 76.2 Å². The fourth-order valence-electron chi connectivity index (χ4n) is 1.34. The lowest BCUT2D eigenvalue weighted by molar-refractivity contribution is 1.21. The molecule has 0 fully saturated rings. The number of rotatable bonds is 2. The van der Waals surface area contributed by atoms with Crippen LogP contribution in [0, 0.1) is 0 Å². The Bertz CT molecular complexity index is 418. The minimum Gasteiger partial charge on any atom is -0.385 e. The van der Waals surface area contributed by atoms with E-state index in [2.05, 4.69) is 22.2 Å². The Hall–Kier alpha value is -1.71. The van der Waals surface area contributed by atoms with E-state index in [1.54, 1.807) is 0 Å². The van der Waals surface area contributed by atoms with E-state index in [9.17, 15) is 0 Å². The van der Waals surface area contributed by atoms with Crippen molar-refractivity contribution in [3.63, 3.8) is 0 Å². The molecular formula is C9H12N4. The number of aromatic nitrogens is 2. The largest absolute Gasteiger partial charge is 0.385 e. The molecule has 0 bridgehead atoms. The summed E-state index contributed by atoms with van der Waals surface area (Å²) in [7, 11) is 0. The van der Waals surface area contributed by atoms with Crippen molar-refractivity contribution < 1.29 is 0 Å². The fraction of sp³-hybridized carbons (Fsp3) is 0.222. The molecule has 0 radical (unpaired) electrons. The smallest absolute Gasteiger partial charge is 0.198 e. The standard InChI is InChI=1S/C9H12N4/c1-2-11-6-3-4-7-8(5-6)13-9(10)12-7/h3-5,11H,2H2,1H3,(H3,10,12,13). The average molecular weight is 176 g/mol. The molecule has 0 unspecified atom stereocenters. The number of H-pyrrole nitrogens is 1. The van der Waals surface area contributed by atoms with Crippen molar-refractivity contribution in [1.29, 1.82) is 0 Å². The summed E-state index contributed by atoms with van der Waals surface area (Å²) in [5, 5.41) is 3.22. The highest BCUT2D eigenvalue weighted by Crippen LogP contribution is 2.17. The third-order valence-corrected chi connectivity index (χ3v) is 1.88. The SMILES string of the molecule is CCNc1ccc2nc(N)[nH]c2c1. The number of hydrogen-bond donors (Lipinski definition) is 3. The molecule has 0 amide bonds. The van der Waals surface area contributed by atoms with Gasteiger partial charge in [0.25, 0.3) is 0 Å². The Balaban J connectivity index is 2.48. The minimum atomic E-state index is 0.462. The van der Waals surface area contributed by atoms with Crippen LogP contribution in [-0.4, -0.2) is 16.5 Å². The molecule has 0 spiro atoms. The first-order valence-corrected chi connectivity index (χ1v) is 4.28. The summed E-state index contributed by atoms with van der Waals surface area (Å²) in [5.41, 5.74) is 8.48. The molecule has 2 rings (SSSR count). The molecule has 1 aromatic carbocycles. The van der Waals surface area contributed by atoms with Gasteiger partial charge in [0, 0.05) is 12.2 Å². The molecule has 0 saturated carbocycles. The summed E-state index contributed by atoms with van der Waals surface area (Å²) in [4.78, 5) is 7.09. The lowest BCUT2D eigenvalue weighted by atomic mass is 10.3. The van der Waals surface area contributed by atoms with Gasteiger partial charge in [-0.2, -0.15) is 0 Å². The Morgan fingerprint density at radius 1 is 1.54 bits per heavy atom. The molecule has 4 N–H and O–H groups in total. The minimum absolute atomic E-state index is 0.462. The Morgan fingerprint density at radius 2 is 2.38 bits per heavy atom. The second-order valence-corrected chi connectivity index (χ2v) is 2.88. The van der Waals surface area contributed by atoms with Crippen molar-refractivity contribution in [2.45, 2.75) is 6.92 Å². The average Bonchev–Trinajstić information content (AvgIpc) is 2.44. The van der Waals surface area contributed by atoms with E-state index < -0.39 is 0 Å². The van der Waals surface area contributed by atoms with Gasteiger partial charge in [-0.1, -0.05) is 0 Å². The monoisotopic (exact) mass is 176 g/mol. The van der Waals surface area contributed by atoms with Crippen molar-refractivity contribution in [1.82, 2.24) is 9.97 Å². The summed E-state index contributed by atoms with van der Waals surface area (Å²) in [6.45, 7) is 2.97. The Kier molecular flexibility index (Phi) is 1.81. The topological polar surface area (TPSA) is 66.7 Å². The predicted molar refractivity (Wildman–Crippen MR) is 54.7 cm³/mol. The van der Waals surface area contributed by atoms with Gasteiger partial charge >= 0.3 is 0 Å². The van der Waals surface area contributed by atoms with Crippen LogP contribution in [0.2, 0.25) is 0 Å². The summed E-state index contributed by atoms with van der Waals surface area (Å²) < 4.78 is 0. The molecule has 0 aliphatic heterocycles. The van der Waals surface area contributed by atoms with Crippen molar-refractivity contribution in [3.8, 4) is 0 Å². The van der Waals surface area contributed by atoms with Gasteiger partial charge in [-0.3, -0.25) is 0 Å². The number of nitrogen functional groups attached to an aromatic ring is 1. The van der Waals surface area contributed by atoms with Crippen molar-refractivity contribution >= 4 is 22.7 Å². The first kappa shape index (κ1) is 7.91. The lowest BCUT2D eigenvalue weighted by Crippen LogP contribution is -1.95. The van der Waals surface area contributed by atoms with Gasteiger partial charge in [-0.05, 0) is 25.1 Å². The highest BCUT2D eigenvalue weighted by Gasteiger charge is 1.99. The van der Waals surface area contributed by atoms with E-state index >= 15 is 0 Å². The van der Waals surface area contributed by atoms with E-state index in [1.165, 1.54) is 0 Å². The second-order valence-electron chi connectivity index (χ2n) is 2.88. The number of nitrogens with two attached hydrogens (primary N) is 1. The van der Waals surface area contributed by atoms with Crippen LogP contribution in [-0.2, 0) is 0 Å². The number of hydrogen-bond acceptors (Lipinski definition) is 3. The number of aromatic amines is 1. The number of fused-ring (bicyclic) bond motifs is 1. The molecule has 4 heteroatoms. The molecule has 0 saturated heterocycles. The number of imidazole rings is 1. The number of nitrogens with zero attached hydrogens (tertiary/aromatic N) is 1. The Morgan fingerprint density at radius 3 is 3.15 bits per heavy atom. The lowest BCUT2D eigenvalue weighted by Gasteiger charge is -2.00. The van der Waals surface area contributed by atoms with Gasteiger partial charge in [0.15, 0.2) is 5.95 Å². The van der Waals surface area contributed by atoms with Crippen LogP contribution in [0.3, 0.4) is 0 Å². The molecule has 2 aromatic rings. The van der Waals surface area contributed by atoms with Gasteiger partial charge in [-0.25, -0.2) is 4.98 Å². The maximum Gasteiger partial charge on any atom is 0.198 e. The zero-order valence-electron chi connectivity index (χ0n) is 7.46. The van der Waals surface area contributed by atoms with Gasteiger partial charge in [-0.15, -0.1) is 0 Å². The van der Waals surface area contributed by atoms with E-state index in [1.807, 2.05) is 18.2 Å². The predicted octanol–water partition coefficient (Wildman–Crippen LogP) is 1.58. The van der Waals surface area contributed by atoms with Crippen LogP contribution >= 0.6 is 0 Å². The zero-order chi connectivity index (χ0) is 9.26. The normalized spacial score (nSPS) is 10.5. The van der Waals surface area contributed by atoms with Crippen LogP contribution in [0.15, 0.2) is 18.2 Å². The molecular weight excluding hydrogens is 164 g/mol. The highest BCUT2D eigenvalue weighted by molar-refractivity contribution is 5.80. The van der Waals surface area contributed by atoms with Crippen LogP contribution in [0.5, 0.6) is 0 Å². The van der Waals surface area contributed by atoms with Crippen LogP contribution in [0.25, 0.3) is 11.0 Å². The zero-order valence-corrected chi connectivity index (χ0v) is 7.46. The quantitative estimate of drug-likeness (QED) is 0.650. The summed E-state index contributed by atoms with van der Waals surface area (Å²) in [6.07, 6.45) is 0. The van der Waals surface area contributed by atoms with E-state index in [4.69, 9.17) is 5.73 Å². The van der Waals surface area contributed by atoms with E-state index in [-0.39, 0.29) is 0 Å². The van der Waals surface area contributed by atoms with Crippen LogP contribution in [0.4, 0.5) is 11.6 Å². The third kappa shape index (κ3) is 1.42. The van der Waals surface area contributed by atoms with Crippen molar-refractivity contribution in [2.24, 2.45) is 0 Å². The molecule has 68 valence electrons. The van der Waals surface area contributed by atoms with Gasteiger partial charge in [0.1, 0.15) is 0 Å². The fourth-order valence-corrected chi connectivity index (χ4v) is 1.34. The maximum absolute atomic E-state index is 5.53. The second kappa shape index (κ2) is 2.97. The number of anilines is 2. The third-order valence-electron chi connectivity index (χ3n) is 1.88. The van der Waals surface area contributed by atoms with Gasteiger partial charge in [0.05, 0.1) is 11.0 Å². The van der Waals surface area contributed by atoms with Crippen LogP contribution < -0.4 is 11.1 Å².